The molecule has 0 aliphatic carbocycles. The van der Waals surface area contributed by atoms with E-state index in [1.807, 2.05) is 25.1 Å². The zero-order chi connectivity index (χ0) is 9.26. The van der Waals surface area contributed by atoms with Gasteiger partial charge < -0.3 is 0 Å². The van der Waals surface area contributed by atoms with Crippen LogP contribution in [0, 0.1) is 6.92 Å². The van der Waals surface area contributed by atoms with E-state index in [4.69, 9.17) is 11.6 Å². The van der Waals surface area contributed by atoms with Crippen molar-refractivity contribution in [2.45, 2.75) is 6.92 Å². The monoisotopic (exact) mass is 193 g/mol. The zero-order valence-electron chi connectivity index (χ0n) is 7.11. The van der Waals surface area contributed by atoms with Crippen LogP contribution in [0.25, 0.3) is 5.82 Å². The van der Waals surface area contributed by atoms with Crippen molar-refractivity contribution in [1.82, 2.24) is 14.8 Å². The predicted molar refractivity (Wildman–Crippen MR) is 51.1 cm³/mol. The maximum absolute atomic E-state index is 5.87. The molecule has 0 aliphatic rings. The largest absolute Gasteiger partial charge is 0.237 e. The van der Waals surface area contributed by atoms with Crippen LogP contribution >= 0.6 is 11.6 Å². The molecule has 0 unspecified atom stereocenters. The average Bonchev–Trinajstić information content (AvgIpc) is 2.49. The quantitative estimate of drug-likeness (QED) is 0.696. The van der Waals surface area contributed by atoms with E-state index in [9.17, 15) is 0 Å². The summed E-state index contributed by atoms with van der Waals surface area (Å²) in [5.41, 5.74) is 0.812. The van der Waals surface area contributed by atoms with Crippen LogP contribution in [0.1, 0.15) is 5.69 Å². The lowest BCUT2D eigenvalue weighted by molar-refractivity contribution is 0.832. The van der Waals surface area contributed by atoms with Crippen LogP contribution in [0.2, 0.25) is 5.02 Å². The van der Waals surface area contributed by atoms with Crippen molar-refractivity contribution in [3.05, 3.63) is 41.3 Å². The first kappa shape index (κ1) is 8.26. The standard InChI is InChI=1S/C9H8ClN3/c1-7-8(10)6-13(12-7)9-4-2-3-5-11-9/h2-6H,1H3. The van der Waals surface area contributed by atoms with Crippen molar-refractivity contribution in [3.8, 4) is 5.82 Å². The Morgan fingerprint density at radius 1 is 1.38 bits per heavy atom. The van der Waals surface area contributed by atoms with Gasteiger partial charge in [0.1, 0.15) is 0 Å². The molecule has 0 amide bonds. The van der Waals surface area contributed by atoms with Gasteiger partial charge in [0, 0.05) is 6.20 Å². The number of halogens is 1. The molecule has 2 aromatic heterocycles. The average molecular weight is 194 g/mol. The normalized spacial score (nSPS) is 10.3. The van der Waals surface area contributed by atoms with Gasteiger partial charge >= 0.3 is 0 Å². The van der Waals surface area contributed by atoms with Crippen LogP contribution in [0.5, 0.6) is 0 Å². The van der Waals surface area contributed by atoms with Crippen molar-refractivity contribution in [2.24, 2.45) is 0 Å². The number of aromatic nitrogens is 3. The van der Waals surface area contributed by atoms with Crippen LogP contribution in [0.4, 0.5) is 0 Å². The van der Waals surface area contributed by atoms with Crippen molar-refractivity contribution >= 4 is 11.6 Å². The van der Waals surface area contributed by atoms with Crippen LogP contribution in [-0.2, 0) is 0 Å². The molecule has 2 heterocycles. The Labute approximate surface area is 81.0 Å². The van der Waals surface area contributed by atoms with Gasteiger partial charge in [0.05, 0.1) is 16.9 Å². The van der Waals surface area contributed by atoms with Crippen LogP contribution in [-0.4, -0.2) is 14.8 Å². The Bertz CT molecular complexity index is 389. The number of hydrogen-bond donors (Lipinski definition) is 0. The Morgan fingerprint density at radius 2 is 2.23 bits per heavy atom. The molecule has 0 saturated heterocycles. The Kier molecular flexibility index (Phi) is 2.02. The molecule has 4 heteroatoms. The van der Waals surface area contributed by atoms with E-state index >= 15 is 0 Å². The van der Waals surface area contributed by atoms with Gasteiger partial charge in [-0.15, -0.1) is 0 Å². The van der Waals surface area contributed by atoms with Crippen molar-refractivity contribution in [2.75, 3.05) is 0 Å². The van der Waals surface area contributed by atoms with E-state index in [1.54, 1.807) is 17.1 Å². The lowest BCUT2D eigenvalue weighted by Gasteiger charge is -1.96. The highest BCUT2D eigenvalue weighted by atomic mass is 35.5. The third-order valence-electron chi connectivity index (χ3n) is 1.72. The summed E-state index contributed by atoms with van der Waals surface area (Å²) in [7, 11) is 0. The van der Waals surface area contributed by atoms with Gasteiger partial charge in [-0.25, -0.2) is 9.67 Å². The fourth-order valence-corrected chi connectivity index (χ4v) is 1.18. The number of pyridine rings is 1. The Morgan fingerprint density at radius 3 is 2.77 bits per heavy atom. The molecule has 13 heavy (non-hydrogen) atoms. The summed E-state index contributed by atoms with van der Waals surface area (Å²) in [4.78, 5) is 4.15. The minimum atomic E-state index is 0.658. The molecule has 0 N–H and O–H groups in total. The van der Waals surface area contributed by atoms with Gasteiger partial charge in [0.25, 0.3) is 0 Å². The molecular weight excluding hydrogens is 186 g/mol. The highest BCUT2D eigenvalue weighted by Crippen LogP contribution is 2.14. The summed E-state index contributed by atoms with van der Waals surface area (Å²) in [5.74, 6) is 0.775. The second-order valence-electron chi connectivity index (χ2n) is 2.69. The SMILES string of the molecule is Cc1nn(-c2ccccn2)cc1Cl. The molecule has 0 aliphatic heterocycles. The molecule has 0 radical (unpaired) electrons. The summed E-state index contributed by atoms with van der Waals surface area (Å²) in [5, 5.41) is 4.86. The first-order chi connectivity index (χ1) is 6.27. The summed E-state index contributed by atoms with van der Waals surface area (Å²) >= 11 is 5.87. The van der Waals surface area contributed by atoms with E-state index in [2.05, 4.69) is 10.1 Å². The first-order valence-corrected chi connectivity index (χ1v) is 4.28. The third kappa shape index (κ3) is 1.55. The van der Waals surface area contributed by atoms with E-state index in [0.717, 1.165) is 11.5 Å². The fourth-order valence-electron chi connectivity index (χ4n) is 1.05. The van der Waals surface area contributed by atoms with Crippen molar-refractivity contribution < 1.29 is 0 Å². The highest BCUT2D eigenvalue weighted by Gasteiger charge is 2.03. The van der Waals surface area contributed by atoms with Gasteiger partial charge in [-0.1, -0.05) is 17.7 Å². The summed E-state index contributed by atoms with van der Waals surface area (Å²) < 4.78 is 1.66. The van der Waals surface area contributed by atoms with Gasteiger partial charge in [-0.2, -0.15) is 5.10 Å². The van der Waals surface area contributed by atoms with Crippen molar-refractivity contribution in [3.63, 3.8) is 0 Å². The molecule has 0 saturated carbocycles. The van der Waals surface area contributed by atoms with Gasteiger partial charge in [0.2, 0.25) is 0 Å². The first-order valence-electron chi connectivity index (χ1n) is 3.90. The second-order valence-corrected chi connectivity index (χ2v) is 3.10. The fraction of sp³-hybridized carbons (Fsp3) is 0.111. The molecule has 0 fully saturated rings. The van der Waals surface area contributed by atoms with Gasteiger partial charge in [-0.3, -0.25) is 0 Å². The van der Waals surface area contributed by atoms with E-state index in [1.165, 1.54) is 0 Å². The summed E-state index contributed by atoms with van der Waals surface area (Å²) in [6.45, 7) is 1.86. The van der Waals surface area contributed by atoms with Crippen LogP contribution in [0.3, 0.4) is 0 Å². The minimum Gasteiger partial charge on any atom is -0.237 e. The smallest absolute Gasteiger partial charge is 0.153 e. The molecule has 0 spiro atoms. The van der Waals surface area contributed by atoms with E-state index in [0.29, 0.717) is 5.02 Å². The molecule has 2 rings (SSSR count). The second kappa shape index (κ2) is 3.18. The highest BCUT2D eigenvalue weighted by molar-refractivity contribution is 6.31. The van der Waals surface area contributed by atoms with Crippen LogP contribution in [0.15, 0.2) is 30.6 Å². The molecule has 2 aromatic rings. The van der Waals surface area contributed by atoms with E-state index < -0.39 is 0 Å². The lowest BCUT2D eigenvalue weighted by atomic mass is 10.5. The molecule has 0 aromatic carbocycles. The number of nitrogens with zero attached hydrogens (tertiary/aromatic N) is 3. The maximum Gasteiger partial charge on any atom is 0.153 e. The summed E-state index contributed by atoms with van der Waals surface area (Å²) in [6.07, 6.45) is 3.47. The molecular formula is C9H8ClN3. The molecule has 3 nitrogen and oxygen atoms in total. The molecule has 0 atom stereocenters. The lowest BCUT2D eigenvalue weighted by Crippen LogP contribution is -1.96. The van der Waals surface area contributed by atoms with E-state index in [-0.39, 0.29) is 0 Å². The molecule has 66 valence electrons. The molecule has 0 bridgehead atoms. The Balaban J connectivity index is 2.48. The summed E-state index contributed by atoms with van der Waals surface area (Å²) in [6, 6.07) is 5.65. The number of hydrogen-bond acceptors (Lipinski definition) is 2. The zero-order valence-corrected chi connectivity index (χ0v) is 7.86. The Hall–Kier alpha value is -1.35. The third-order valence-corrected chi connectivity index (χ3v) is 2.09. The minimum absolute atomic E-state index is 0.658. The maximum atomic E-state index is 5.87. The van der Waals surface area contributed by atoms with Crippen LogP contribution < -0.4 is 0 Å². The van der Waals surface area contributed by atoms with Gasteiger partial charge in [-0.05, 0) is 19.1 Å². The number of aryl methyl sites for hydroxylation is 1. The number of rotatable bonds is 1. The van der Waals surface area contributed by atoms with Gasteiger partial charge in [0.15, 0.2) is 5.82 Å². The van der Waals surface area contributed by atoms with Crippen molar-refractivity contribution in [1.29, 1.82) is 0 Å². The topological polar surface area (TPSA) is 30.7 Å². The predicted octanol–water partition coefficient (Wildman–Crippen LogP) is 2.23.